The van der Waals surface area contributed by atoms with Crippen molar-refractivity contribution in [3.8, 4) is 11.5 Å². The standard InChI is InChI=1S/C16H18FNO2/c1-3-20-15-9-13(17)7-8-14(15)18-10-12-6-4-5-11(2)16(12)19/h4-9,18-19H,3,10H2,1-2H3. The van der Waals surface area contributed by atoms with Gasteiger partial charge in [0.25, 0.3) is 0 Å². The third kappa shape index (κ3) is 3.20. The van der Waals surface area contributed by atoms with Crippen LogP contribution in [0.4, 0.5) is 10.1 Å². The van der Waals surface area contributed by atoms with Gasteiger partial charge >= 0.3 is 0 Å². The van der Waals surface area contributed by atoms with Crippen LogP contribution in [0.1, 0.15) is 18.1 Å². The molecule has 0 atom stereocenters. The van der Waals surface area contributed by atoms with Gasteiger partial charge < -0.3 is 15.2 Å². The predicted molar refractivity (Wildman–Crippen MR) is 77.7 cm³/mol. The van der Waals surface area contributed by atoms with Crippen LogP contribution in [0.25, 0.3) is 0 Å². The Hall–Kier alpha value is -2.23. The van der Waals surface area contributed by atoms with E-state index in [0.717, 1.165) is 11.1 Å². The minimum atomic E-state index is -0.336. The van der Waals surface area contributed by atoms with E-state index in [4.69, 9.17) is 4.74 Å². The van der Waals surface area contributed by atoms with Gasteiger partial charge in [0.05, 0.1) is 12.3 Å². The summed E-state index contributed by atoms with van der Waals surface area (Å²) >= 11 is 0. The molecule has 0 aliphatic carbocycles. The van der Waals surface area contributed by atoms with Crippen LogP contribution in [0.2, 0.25) is 0 Å². The summed E-state index contributed by atoms with van der Waals surface area (Å²) in [5, 5.41) is 13.1. The molecule has 0 spiro atoms. The predicted octanol–water partition coefficient (Wildman–Crippen LogP) is 3.85. The van der Waals surface area contributed by atoms with E-state index in [1.165, 1.54) is 12.1 Å². The van der Waals surface area contributed by atoms with Crippen molar-refractivity contribution >= 4 is 5.69 Å². The molecule has 0 saturated carbocycles. The lowest BCUT2D eigenvalue weighted by molar-refractivity contribution is 0.339. The van der Waals surface area contributed by atoms with E-state index in [1.54, 1.807) is 6.07 Å². The maximum Gasteiger partial charge on any atom is 0.145 e. The Morgan fingerprint density at radius 2 is 2.05 bits per heavy atom. The maximum atomic E-state index is 13.2. The van der Waals surface area contributed by atoms with Crippen molar-refractivity contribution in [3.05, 3.63) is 53.3 Å². The monoisotopic (exact) mass is 275 g/mol. The summed E-state index contributed by atoms with van der Waals surface area (Å²) in [5.41, 5.74) is 2.32. The number of para-hydroxylation sites is 1. The van der Waals surface area contributed by atoms with Gasteiger partial charge in [0.15, 0.2) is 0 Å². The van der Waals surface area contributed by atoms with Gasteiger partial charge in [-0.15, -0.1) is 0 Å². The molecule has 2 aromatic rings. The summed E-state index contributed by atoms with van der Waals surface area (Å²) in [7, 11) is 0. The lowest BCUT2D eigenvalue weighted by Crippen LogP contribution is -2.03. The third-order valence-corrected chi connectivity index (χ3v) is 3.03. The summed E-state index contributed by atoms with van der Waals surface area (Å²) in [6.07, 6.45) is 0. The fourth-order valence-electron chi connectivity index (χ4n) is 1.97. The summed E-state index contributed by atoms with van der Waals surface area (Å²) in [6, 6.07) is 9.94. The van der Waals surface area contributed by atoms with Gasteiger partial charge in [-0.3, -0.25) is 0 Å². The van der Waals surface area contributed by atoms with Crippen LogP contribution in [-0.4, -0.2) is 11.7 Å². The van der Waals surface area contributed by atoms with Crippen LogP contribution >= 0.6 is 0 Å². The number of anilines is 1. The van der Waals surface area contributed by atoms with Gasteiger partial charge in [-0.1, -0.05) is 18.2 Å². The molecule has 0 aliphatic heterocycles. The zero-order chi connectivity index (χ0) is 14.5. The highest BCUT2D eigenvalue weighted by Crippen LogP contribution is 2.28. The molecular weight excluding hydrogens is 257 g/mol. The molecular formula is C16H18FNO2. The summed E-state index contributed by atoms with van der Waals surface area (Å²) < 4.78 is 18.6. The number of hydrogen-bond donors (Lipinski definition) is 2. The number of hydrogen-bond acceptors (Lipinski definition) is 3. The van der Waals surface area contributed by atoms with Crippen molar-refractivity contribution in [1.82, 2.24) is 0 Å². The van der Waals surface area contributed by atoms with E-state index in [0.29, 0.717) is 24.6 Å². The Labute approximate surface area is 118 Å². The first kappa shape index (κ1) is 14.2. The first-order valence-electron chi connectivity index (χ1n) is 6.55. The molecule has 0 heterocycles. The number of nitrogens with one attached hydrogen (secondary N) is 1. The van der Waals surface area contributed by atoms with E-state index < -0.39 is 0 Å². The van der Waals surface area contributed by atoms with Gasteiger partial charge in [-0.25, -0.2) is 4.39 Å². The minimum absolute atomic E-state index is 0.278. The number of phenolic OH excluding ortho intramolecular Hbond substituents is 1. The van der Waals surface area contributed by atoms with Crippen LogP contribution in [-0.2, 0) is 6.54 Å². The van der Waals surface area contributed by atoms with E-state index in [9.17, 15) is 9.50 Å². The Bertz CT molecular complexity index is 599. The fourth-order valence-corrected chi connectivity index (χ4v) is 1.97. The topological polar surface area (TPSA) is 41.5 Å². The molecule has 20 heavy (non-hydrogen) atoms. The average Bonchev–Trinajstić information content (AvgIpc) is 2.42. The van der Waals surface area contributed by atoms with E-state index in [-0.39, 0.29) is 11.6 Å². The van der Waals surface area contributed by atoms with Crippen molar-refractivity contribution in [2.24, 2.45) is 0 Å². The number of aromatic hydroxyl groups is 1. The van der Waals surface area contributed by atoms with E-state index in [1.807, 2.05) is 32.0 Å². The number of phenols is 1. The number of aryl methyl sites for hydroxylation is 1. The Kier molecular flexibility index (Phi) is 4.45. The van der Waals surface area contributed by atoms with Crippen LogP contribution in [0.5, 0.6) is 11.5 Å². The minimum Gasteiger partial charge on any atom is -0.507 e. The molecule has 3 nitrogen and oxygen atoms in total. The van der Waals surface area contributed by atoms with Gasteiger partial charge in [-0.2, -0.15) is 0 Å². The van der Waals surface area contributed by atoms with E-state index in [2.05, 4.69) is 5.32 Å². The highest BCUT2D eigenvalue weighted by molar-refractivity contribution is 5.57. The van der Waals surface area contributed by atoms with Crippen LogP contribution < -0.4 is 10.1 Å². The van der Waals surface area contributed by atoms with Gasteiger partial charge in [0.2, 0.25) is 0 Å². The zero-order valence-corrected chi connectivity index (χ0v) is 11.6. The lowest BCUT2D eigenvalue weighted by atomic mass is 10.1. The smallest absolute Gasteiger partial charge is 0.145 e. The molecule has 0 amide bonds. The summed E-state index contributed by atoms with van der Waals surface area (Å²) in [6.45, 7) is 4.61. The number of halogens is 1. The van der Waals surface area contributed by atoms with Crippen LogP contribution in [0.15, 0.2) is 36.4 Å². The van der Waals surface area contributed by atoms with Crippen LogP contribution in [0.3, 0.4) is 0 Å². The SMILES string of the molecule is CCOc1cc(F)ccc1NCc1cccc(C)c1O. The van der Waals surface area contributed by atoms with Crippen molar-refractivity contribution in [2.75, 3.05) is 11.9 Å². The normalized spacial score (nSPS) is 10.3. The van der Waals surface area contributed by atoms with Gasteiger partial charge in [0, 0.05) is 18.2 Å². The Morgan fingerprint density at radius 1 is 1.25 bits per heavy atom. The Morgan fingerprint density at radius 3 is 2.80 bits per heavy atom. The molecule has 106 valence electrons. The second-order valence-electron chi connectivity index (χ2n) is 4.51. The van der Waals surface area contributed by atoms with Crippen LogP contribution in [0, 0.1) is 12.7 Å². The molecule has 0 aromatic heterocycles. The fraction of sp³-hybridized carbons (Fsp3) is 0.250. The number of ether oxygens (including phenoxy) is 1. The van der Waals surface area contributed by atoms with Gasteiger partial charge in [0.1, 0.15) is 17.3 Å². The first-order valence-corrected chi connectivity index (χ1v) is 6.55. The zero-order valence-electron chi connectivity index (χ0n) is 11.6. The molecule has 0 aliphatic rings. The summed E-state index contributed by atoms with van der Waals surface area (Å²) in [5.74, 6) is 0.414. The molecule has 2 N–H and O–H groups in total. The lowest BCUT2D eigenvalue weighted by Gasteiger charge is -2.13. The third-order valence-electron chi connectivity index (χ3n) is 3.03. The molecule has 0 radical (unpaired) electrons. The Balaban J connectivity index is 2.16. The highest BCUT2D eigenvalue weighted by Gasteiger charge is 2.07. The second-order valence-corrected chi connectivity index (χ2v) is 4.51. The van der Waals surface area contributed by atoms with Crippen molar-refractivity contribution < 1.29 is 14.2 Å². The molecule has 0 fully saturated rings. The first-order chi connectivity index (χ1) is 9.61. The largest absolute Gasteiger partial charge is 0.507 e. The molecule has 0 saturated heterocycles. The van der Waals surface area contributed by atoms with E-state index >= 15 is 0 Å². The number of rotatable bonds is 5. The molecule has 2 aromatic carbocycles. The molecule has 0 unspecified atom stereocenters. The van der Waals surface area contributed by atoms with Crippen molar-refractivity contribution in [1.29, 1.82) is 0 Å². The van der Waals surface area contributed by atoms with Crippen molar-refractivity contribution in [2.45, 2.75) is 20.4 Å². The van der Waals surface area contributed by atoms with Gasteiger partial charge in [-0.05, 0) is 31.5 Å². The molecule has 0 bridgehead atoms. The average molecular weight is 275 g/mol. The summed E-state index contributed by atoms with van der Waals surface area (Å²) in [4.78, 5) is 0. The second kappa shape index (κ2) is 6.28. The molecule has 4 heteroatoms. The number of benzene rings is 2. The molecule has 2 rings (SSSR count). The van der Waals surface area contributed by atoms with Crippen molar-refractivity contribution in [3.63, 3.8) is 0 Å². The quantitative estimate of drug-likeness (QED) is 0.871. The highest BCUT2D eigenvalue weighted by atomic mass is 19.1. The maximum absolute atomic E-state index is 13.2.